The molecular weight excluding hydrogens is 549 g/mol. The summed E-state index contributed by atoms with van der Waals surface area (Å²) < 4.78 is 58.7. The van der Waals surface area contributed by atoms with Gasteiger partial charge >= 0.3 is 0 Å². The lowest BCUT2D eigenvalue weighted by Gasteiger charge is -2.27. The number of rotatable bonds is 9. The van der Waals surface area contributed by atoms with Gasteiger partial charge in [0.15, 0.2) is 12.1 Å². The van der Waals surface area contributed by atoms with Crippen LogP contribution in [0.15, 0.2) is 60.8 Å². The zero-order chi connectivity index (χ0) is 29.4. The molecule has 0 saturated carbocycles. The Balaban J connectivity index is 1.29. The second-order valence-electron chi connectivity index (χ2n) is 10.2. The lowest BCUT2D eigenvalue weighted by molar-refractivity contribution is -0.0590. The molecule has 1 fully saturated rings. The van der Waals surface area contributed by atoms with Gasteiger partial charge in [0.25, 0.3) is 0 Å². The fourth-order valence-corrected chi connectivity index (χ4v) is 4.85. The Kier molecular flexibility index (Phi) is 7.63. The van der Waals surface area contributed by atoms with E-state index >= 15 is 8.78 Å². The van der Waals surface area contributed by atoms with Gasteiger partial charge in [0.2, 0.25) is 5.88 Å². The molecule has 1 aliphatic heterocycles. The van der Waals surface area contributed by atoms with E-state index < -0.39 is 23.7 Å². The van der Waals surface area contributed by atoms with Crippen LogP contribution in [0.3, 0.4) is 0 Å². The van der Waals surface area contributed by atoms with E-state index in [0.29, 0.717) is 18.7 Å². The third-order valence-electron chi connectivity index (χ3n) is 7.23. The van der Waals surface area contributed by atoms with Crippen LogP contribution in [0.4, 0.5) is 13.2 Å². The molecule has 2 aromatic carbocycles. The van der Waals surface area contributed by atoms with Crippen LogP contribution in [0.25, 0.3) is 22.3 Å². The highest BCUT2D eigenvalue weighted by Crippen LogP contribution is 2.30. The molecule has 42 heavy (non-hydrogen) atoms. The van der Waals surface area contributed by atoms with Crippen molar-refractivity contribution < 1.29 is 32.9 Å². The minimum absolute atomic E-state index is 0.00587. The standard InChI is InChI=1S/C31H27F3N4O4/c1-17-5-6-18(14-35-17)16-42-29-4-2-3-26(36-29)22-13-23(32)19(9-24(22)33)12-28-37-30-25(34)10-20(31(39)40)11-27(30)38(28)15-21-7-8-41-21/h2-6,9-11,13-14,21,31,39-40H,7-8,12,15-16H2,1H3/t21-/m0/s1. The van der Waals surface area contributed by atoms with Crippen molar-refractivity contribution in [2.75, 3.05) is 6.61 Å². The van der Waals surface area contributed by atoms with Crippen molar-refractivity contribution in [3.8, 4) is 17.1 Å². The normalized spacial score (nSPS) is 14.9. The lowest BCUT2D eigenvalue weighted by atomic mass is 10.0. The SMILES string of the molecule is Cc1ccc(COc2cccc(-c3cc(F)c(Cc4nc5c(F)cc(C(O)O)cc5n4C[C@@H]4CCO4)cc3F)n2)cn1. The van der Waals surface area contributed by atoms with Gasteiger partial charge in [-0.15, -0.1) is 0 Å². The van der Waals surface area contributed by atoms with E-state index in [1.54, 1.807) is 29.0 Å². The number of hydrogen-bond acceptors (Lipinski definition) is 7. The van der Waals surface area contributed by atoms with Crippen molar-refractivity contribution in [2.45, 2.75) is 45.3 Å². The van der Waals surface area contributed by atoms with E-state index in [-0.39, 0.29) is 58.7 Å². The van der Waals surface area contributed by atoms with Crippen molar-refractivity contribution in [2.24, 2.45) is 0 Å². The predicted octanol–water partition coefficient (Wildman–Crippen LogP) is 5.16. The van der Waals surface area contributed by atoms with Gasteiger partial charge in [0.1, 0.15) is 29.6 Å². The monoisotopic (exact) mass is 576 g/mol. The Hall–Kier alpha value is -4.32. The number of hydrogen-bond donors (Lipinski definition) is 2. The van der Waals surface area contributed by atoms with E-state index in [9.17, 15) is 14.6 Å². The smallest absolute Gasteiger partial charge is 0.214 e. The van der Waals surface area contributed by atoms with E-state index in [0.717, 1.165) is 35.9 Å². The van der Waals surface area contributed by atoms with Crippen LogP contribution >= 0.6 is 0 Å². The molecule has 1 atom stereocenters. The Morgan fingerprint density at radius 3 is 2.57 bits per heavy atom. The van der Waals surface area contributed by atoms with Gasteiger partial charge in [-0.25, -0.2) is 23.1 Å². The first kappa shape index (κ1) is 27.8. The molecule has 216 valence electrons. The molecule has 4 heterocycles. The van der Waals surface area contributed by atoms with Crippen LogP contribution in [0, 0.1) is 24.4 Å². The zero-order valence-corrected chi connectivity index (χ0v) is 22.6. The number of aromatic nitrogens is 4. The Bertz CT molecular complexity index is 1750. The number of ether oxygens (including phenoxy) is 2. The molecule has 0 spiro atoms. The van der Waals surface area contributed by atoms with Gasteiger partial charge in [0.05, 0.1) is 23.9 Å². The van der Waals surface area contributed by atoms with Crippen LogP contribution < -0.4 is 4.74 Å². The second kappa shape index (κ2) is 11.5. The maximum atomic E-state index is 15.4. The lowest BCUT2D eigenvalue weighted by Crippen LogP contribution is -2.31. The van der Waals surface area contributed by atoms with Crippen molar-refractivity contribution in [3.63, 3.8) is 0 Å². The molecule has 11 heteroatoms. The van der Waals surface area contributed by atoms with Gasteiger partial charge < -0.3 is 24.3 Å². The quantitative estimate of drug-likeness (QED) is 0.234. The molecule has 2 N–H and O–H groups in total. The van der Waals surface area contributed by atoms with Gasteiger partial charge in [-0.3, -0.25) is 4.98 Å². The average Bonchev–Trinajstić information content (AvgIpc) is 3.29. The van der Waals surface area contributed by atoms with Crippen LogP contribution in [0.2, 0.25) is 0 Å². The molecule has 1 saturated heterocycles. The Morgan fingerprint density at radius 2 is 1.86 bits per heavy atom. The molecule has 0 radical (unpaired) electrons. The Labute approximate surface area is 239 Å². The first-order valence-corrected chi connectivity index (χ1v) is 13.4. The van der Waals surface area contributed by atoms with Gasteiger partial charge in [-0.1, -0.05) is 12.1 Å². The highest BCUT2D eigenvalue weighted by Gasteiger charge is 2.25. The van der Waals surface area contributed by atoms with Crippen molar-refractivity contribution in [1.29, 1.82) is 0 Å². The van der Waals surface area contributed by atoms with Gasteiger partial charge in [0, 0.05) is 47.7 Å². The van der Waals surface area contributed by atoms with E-state index in [1.165, 1.54) is 6.07 Å². The summed E-state index contributed by atoms with van der Waals surface area (Å²) in [5, 5.41) is 19.2. The molecule has 5 aromatic rings. The summed E-state index contributed by atoms with van der Waals surface area (Å²) in [5.41, 5.74) is 2.16. The fraction of sp³-hybridized carbons (Fsp3) is 0.258. The van der Waals surface area contributed by atoms with Gasteiger partial charge in [-0.2, -0.15) is 0 Å². The maximum Gasteiger partial charge on any atom is 0.214 e. The number of aliphatic hydroxyl groups excluding tert-OH is 1. The van der Waals surface area contributed by atoms with Crippen molar-refractivity contribution in [3.05, 3.63) is 106 Å². The first-order chi connectivity index (χ1) is 20.2. The number of fused-ring (bicyclic) bond motifs is 1. The third kappa shape index (κ3) is 5.71. The molecule has 0 aliphatic carbocycles. The number of benzene rings is 2. The highest BCUT2D eigenvalue weighted by atomic mass is 19.1. The number of halogens is 3. The Morgan fingerprint density at radius 1 is 1.02 bits per heavy atom. The van der Waals surface area contributed by atoms with Gasteiger partial charge in [-0.05, 0) is 55.3 Å². The molecule has 0 unspecified atom stereocenters. The fourth-order valence-electron chi connectivity index (χ4n) is 4.85. The summed E-state index contributed by atoms with van der Waals surface area (Å²) in [6, 6.07) is 13.2. The van der Waals surface area contributed by atoms with Crippen LogP contribution in [0.1, 0.15) is 40.9 Å². The van der Waals surface area contributed by atoms with E-state index in [4.69, 9.17) is 9.47 Å². The van der Waals surface area contributed by atoms with Crippen molar-refractivity contribution >= 4 is 11.0 Å². The molecule has 3 aromatic heterocycles. The molecule has 1 aliphatic rings. The maximum absolute atomic E-state index is 15.4. The van der Waals surface area contributed by atoms with E-state index in [2.05, 4.69) is 15.0 Å². The van der Waals surface area contributed by atoms with Crippen LogP contribution in [-0.4, -0.2) is 42.4 Å². The largest absolute Gasteiger partial charge is 0.473 e. The molecule has 8 nitrogen and oxygen atoms in total. The molecule has 0 amide bonds. The second-order valence-corrected chi connectivity index (χ2v) is 10.2. The summed E-state index contributed by atoms with van der Waals surface area (Å²) in [6.45, 7) is 2.99. The highest BCUT2D eigenvalue weighted by molar-refractivity contribution is 5.78. The summed E-state index contributed by atoms with van der Waals surface area (Å²) in [6.07, 6.45) is 0.302. The van der Waals surface area contributed by atoms with Crippen LogP contribution in [-0.2, 0) is 24.3 Å². The van der Waals surface area contributed by atoms with Crippen molar-refractivity contribution in [1.82, 2.24) is 19.5 Å². The number of imidazole rings is 1. The molecular formula is C31H27F3N4O4. The first-order valence-electron chi connectivity index (χ1n) is 13.4. The summed E-state index contributed by atoms with van der Waals surface area (Å²) >= 11 is 0. The molecule has 6 rings (SSSR count). The average molecular weight is 577 g/mol. The number of pyridine rings is 2. The van der Waals surface area contributed by atoms with Crippen LogP contribution in [0.5, 0.6) is 5.88 Å². The number of aliphatic hydroxyl groups is 2. The third-order valence-corrected chi connectivity index (χ3v) is 7.23. The minimum atomic E-state index is -1.88. The minimum Gasteiger partial charge on any atom is -0.473 e. The number of aryl methyl sites for hydroxylation is 1. The topological polar surface area (TPSA) is 103 Å². The zero-order valence-electron chi connectivity index (χ0n) is 22.6. The van der Waals surface area contributed by atoms with E-state index in [1.807, 2.05) is 19.1 Å². The number of nitrogens with zero attached hydrogens (tertiary/aromatic N) is 4. The molecule has 0 bridgehead atoms. The summed E-state index contributed by atoms with van der Waals surface area (Å²) in [4.78, 5) is 13.0. The summed E-state index contributed by atoms with van der Waals surface area (Å²) in [5.74, 6) is -1.59. The predicted molar refractivity (Wildman–Crippen MR) is 147 cm³/mol. The summed E-state index contributed by atoms with van der Waals surface area (Å²) in [7, 11) is 0.